The first-order valence-corrected chi connectivity index (χ1v) is 9.23. The lowest BCUT2D eigenvalue weighted by Gasteiger charge is -2.32. The smallest absolute Gasteiger partial charge is 0.358 e. The Morgan fingerprint density at radius 1 is 1.29 bits per heavy atom. The first kappa shape index (κ1) is 18.3. The minimum absolute atomic E-state index is 0.0341. The van der Waals surface area contributed by atoms with Gasteiger partial charge in [0.15, 0.2) is 5.69 Å². The van der Waals surface area contributed by atoms with Crippen LogP contribution in [0.3, 0.4) is 0 Å². The van der Waals surface area contributed by atoms with Crippen molar-refractivity contribution >= 4 is 5.97 Å². The third kappa shape index (κ3) is 4.09. The van der Waals surface area contributed by atoms with E-state index in [0.717, 1.165) is 38.0 Å². The quantitative estimate of drug-likeness (QED) is 0.701. The molecular weight excluding hydrogens is 363 g/mol. The van der Waals surface area contributed by atoms with Crippen LogP contribution in [-0.2, 0) is 13.1 Å². The van der Waals surface area contributed by atoms with Gasteiger partial charge >= 0.3 is 5.97 Å². The molecule has 0 aliphatic carbocycles. The van der Waals surface area contributed by atoms with Crippen LogP contribution in [0.15, 0.2) is 42.9 Å². The number of para-hydroxylation sites is 1. The average Bonchev–Trinajstić information content (AvgIpc) is 3.32. The number of nitrogens with zero attached hydrogens (tertiary/aromatic N) is 6. The zero-order valence-corrected chi connectivity index (χ0v) is 15.3. The molecule has 146 valence electrons. The van der Waals surface area contributed by atoms with E-state index in [2.05, 4.69) is 20.3 Å². The van der Waals surface area contributed by atoms with E-state index in [4.69, 9.17) is 5.11 Å². The van der Waals surface area contributed by atoms with Crippen LogP contribution >= 0.6 is 0 Å². The molecule has 1 aliphatic rings. The number of benzene rings is 1. The molecule has 28 heavy (non-hydrogen) atoms. The molecule has 0 amide bonds. The van der Waals surface area contributed by atoms with Crippen molar-refractivity contribution in [3.8, 4) is 5.69 Å². The van der Waals surface area contributed by atoms with E-state index in [9.17, 15) is 9.18 Å². The first-order chi connectivity index (χ1) is 13.6. The van der Waals surface area contributed by atoms with Gasteiger partial charge in [0, 0.05) is 31.4 Å². The Kier molecular flexibility index (Phi) is 5.16. The molecular formula is C19H21FN6O2. The van der Waals surface area contributed by atoms with Crippen LogP contribution < -0.4 is 0 Å². The Morgan fingerprint density at radius 2 is 2.14 bits per heavy atom. The molecule has 1 N–H and O–H groups in total. The molecule has 8 nitrogen and oxygen atoms in total. The molecule has 0 bridgehead atoms. The van der Waals surface area contributed by atoms with Crippen LogP contribution in [0.4, 0.5) is 4.39 Å². The Hall–Kier alpha value is -3.07. The van der Waals surface area contributed by atoms with Gasteiger partial charge in [-0.3, -0.25) is 9.58 Å². The maximum atomic E-state index is 13.9. The van der Waals surface area contributed by atoms with Crippen LogP contribution in [0.2, 0.25) is 0 Å². The van der Waals surface area contributed by atoms with Gasteiger partial charge in [0.2, 0.25) is 0 Å². The zero-order valence-electron chi connectivity index (χ0n) is 15.3. The normalized spacial score (nSPS) is 17.7. The number of likely N-dealkylation sites (tertiary alicyclic amines) is 1. The van der Waals surface area contributed by atoms with Crippen molar-refractivity contribution in [1.82, 2.24) is 29.7 Å². The summed E-state index contributed by atoms with van der Waals surface area (Å²) in [5.74, 6) is -0.995. The zero-order chi connectivity index (χ0) is 19.5. The predicted octanol–water partition coefficient (Wildman–Crippen LogP) is 2.21. The Bertz CT molecular complexity index is 969. The highest BCUT2D eigenvalue weighted by atomic mass is 19.1. The van der Waals surface area contributed by atoms with Crippen LogP contribution in [0.25, 0.3) is 5.69 Å². The summed E-state index contributed by atoms with van der Waals surface area (Å²) in [6, 6.07) is 6.57. The van der Waals surface area contributed by atoms with Crippen molar-refractivity contribution in [2.75, 3.05) is 13.1 Å². The van der Waals surface area contributed by atoms with Gasteiger partial charge in [-0.05, 0) is 37.4 Å². The number of piperidine rings is 1. The summed E-state index contributed by atoms with van der Waals surface area (Å²) >= 11 is 0. The molecule has 0 spiro atoms. The van der Waals surface area contributed by atoms with Gasteiger partial charge in [-0.1, -0.05) is 17.3 Å². The van der Waals surface area contributed by atoms with Crippen molar-refractivity contribution in [3.63, 3.8) is 0 Å². The van der Waals surface area contributed by atoms with Crippen molar-refractivity contribution in [2.45, 2.75) is 25.9 Å². The Labute approximate surface area is 161 Å². The monoisotopic (exact) mass is 384 g/mol. The summed E-state index contributed by atoms with van der Waals surface area (Å²) < 4.78 is 17.1. The van der Waals surface area contributed by atoms with Crippen LogP contribution in [-0.4, -0.2) is 53.8 Å². The van der Waals surface area contributed by atoms with Gasteiger partial charge in [-0.15, -0.1) is 5.10 Å². The minimum Gasteiger partial charge on any atom is -0.476 e. The van der Waals surface area contributed by atoms with Crippen LogP contribution in [0.5, 0.6) is 0 Å². The van der Waals surface area contributed by atoms with Gasteiger partial charge in [-0.25, -0.2) is 13.9 Å². The summed E-state index contributed by atoms with van der Waals surface area (Å²) in [7, 11) is 0. The second-order valence-electron chi connectivity index (χ2n) is 7.12. The van der Waals surface area contributed by atoms with Gasteiger partial charge in [0.25, 0.3) is 0 Å². The number of halogens is 1. The lowest BCUT2D eigenvalue weighted by molar-refractivity contribution is 0.0690. The van der Waals surface area contributed by atoms with E-state index in [1.54, 1.807) is 33.8 Å². The lowest BCUT2D eigenvalue weighted by Crippen LogP contribution is -2.36. The minimum atomic E-state index is -1.07. The molecule has 3 heterocycles. The number of rotatable bonds is 6. The van der Waals surface area contributed by atoms with Gasteiger partial charge in [0.1, 0.15) is 11.5 Å². The van der Waals surface area contributed by atoms with Crippen LogP contribution in [0.1, 0.15) is 28.9 Å². The molecule has 0 radical (unpaired) electrons. The highest BCUT2D eigenvalue weighted by molar-refractivity contribution is 5.84. The van der Waals surface area contributed by atoms with E-state index in [0.29, 0.717) is 18.2 Å². The summed E-state index contributed by atoms with van der Waals surface area (Å²) in [5.41, 5.74) is 1.43. The number of carboxylic acids is 1. The van der Waals surface area contributed by atoms with Gasteiger partial charge < -0.3 is 5.11 Å². The van der Waals surface area contributed by atoms with Crippen molar-refractivity contribution < 1.29 is 14.3 Å². The number of hydrogen-bond acceptors (Lipinski definition) is 5. The van der Waals surface area contributed by atoms with Crippen molar-refractivity contribution in [3.05, 3.63) is 59.9 Å². The average molecular weight is 384 g/mol. The second-order valence-corrected chi connectivity index (χ2v) is 7.12. The van der Waals surface area contributed by atoms with E-state index in [1.807, 2.05) is 6.20 Å². The van der Waals surface area contributed by atoms with Crippen LogP contribution in [0, 0.1) is 11.7 Å². The molecule has 9 heteroatoms. The number of aromatic nitrogens is 5. The standard InChI is InChI=1S/C19H21FN6O2/c20-16-5-1-2-6-18(16)26-12-15(8-21-26)10-24-7-3-4-14(9-24)11-25-13-17(19(27)28)22-23-25/h1-2,5-6,8,12-14H,3-4,7,9-11H2,(H,27,28)/t14-/m0/s1. The summed E-state index contributed by atoms with van der Waals surface area (Å²) in [6.07, 6.45) is 7.23. The predicted molar refractivity (Wildman–Crippen MR) is 98.5 cm³/mol. The summed E-state index contributed by atoms with van der Waals surface area (Å²) in [4.78, 5) is 13.3. The molecule has 3 aromatic rings. The highest BCUT2D eigenvalue weighted by Crippen LogP contribution is 2.21. The van der Waals surface area contributed by atoms with Gasteiger partial charge in [0.05, 0.1) is 12.4 Å². The third-order valence-corrected chi connectivity index (χ3v) is 4.95. The molecule has 0 saturated carbocycles. The largest absolute Gasteiger partial charge is 0.476 e. The molecule has 4 rings (SSSR count). The molecule has 0 unspecified atom stereocenters. The Balaban J connectivity index is 1.37. The first-order valence-electron chi connectivity index (χ1n) is 9.23. The SMILES string of the molecule is O=C(O)c1cn(C[C@H]2CCCN(Cc3cnn(-c4ccccc4F)c3)C2)nn1. The Morgan fingerprint density at radius 3 is 2.93 bits per heavy atom. The van der Waals surface area contributed by atoms with Crippen molar-refractivity contribution in [2.24, 2.45) is 5.92 Å². The molecule has 1 fully saturated rings. The number of aromatic carboxylic acids is 1. The molecule has 1 atom stereocenters. The second kappa shape index (κ2) is 7.89. The summed E-state index contributed by atoms with van der Waals surface area (Å²) in [5, 5.41) is 20.8. The molecule has 1 aliphatic heterocycles. The van der Waals surface area contributed by atoms with E-state index in [1.165, 1.54) is 12.3 Å². The molecule has 1 aromatic carbocycles. The lowest BCUT2D eigenvalue weighted by atomic mass is 9.98. The number of carbonyl (C=O) groups is 1. The highest BCUT2D eigenvalue weighted by Gasteiger charge is 2.22. The fourth-order valence-electron chi connectivity index (χ4n) is 3.66. The summed E-state index contributed by atoms with van der Waals surface area (Å²) in [6.45, 7) is 3.25. The van der Waals surface area contributed by atoms with Gasteiger partial charge in [-0.2, -0.15) is 5.10 Å². The van der Waals surface area contributed by atoms with E-state index >= 15 is 0 Å². The molecule has 2 aromatic heterocycles. The fraction of sp³-hybridized carbons (Fsp3) is 0.368. The fourth-order valence-corrected chi connectivity index (χ4v) is 3.66. The molecule has 1 saturated heterocycles. The maximum absolute atomic E-state index is 13.9. The number of hydrogen-bond donors (Lipinski definition) is 1. The number of carboxylic acid groups (broad SMARTS) is 1. The van der Waals surface area contributed by atoms with E-state index < -0.39 is 5.97 Å². The van der Waals surface area contributed by atoms with Crippen molar-refractivity contribution in [1.29, 1.82) is 0 Å². The topological polar surface area (TPSA) is 89.1 Å². The maximum Gasteiger partial charge on any atom is 0.358 e. The van der Waals surface area contributed by atoms with E-state index in [-0.39, 0.29) is 11.5 Å². The third-order valence-electron chi connectivity index (χ3n) is 4.95.